The minimum atomic E-state index is -4.48. The van der Waals surface area contributed by atoms with Crippen LogP contribution in [0.25, 0.3) is 10.9 Å². The van der Waals surface area contributed by atoms with Gasteiger partial charge in [0.05, 0.1) is 11.1 Å². The normalized spacial score (nSPS) is 11.5. The minimum absolute atomic E-state index is 0.0232. The van der Waals surface area contributed by atoms with Gasteiger partial charge in [-0.25, -0.2) is 0 Å². The summed E-state index contributed by atoms with van der Waals surface area (Å²) in [5.41, 5.74) is 1.62. The van der Waals surface area contributed by atoms with E-state index >= 15 is 0 Å². The third-order valence-corrected chi connectivity index (χ3v) is 3.82. The van der Waals surface area contributed by atoms with Crippen molar-refractivity contribution in [2.45, 2.75) is 19.6 Å². The van der Waals surface area contributed by atoms with Gasteiger partial charge in [0.1, 0.15) is 0 Å². The van der Waals surface area contributed by atoms with E-state index < -0.39 is 17.6 Å². The summed E-state index contributed by atoms with van der Waals surface area (Å²) in [6.45, 7) is 2.06. The number of hydrogen-bond donors (Lipinski definition) is 1. The molecule has 1 heterocycles. The van der Waals surface area contributed by atoms with Crippen LogP contribution in [0.5, 0.6) is 0 Å². The van der Waals surface area contributed by atoms with Crippen molar-refractivity contribution < 1.29 is 18.0 Å². The number of alkyl halides is 3. The van der Waals surface area contributed by atoms with E-state index in [0.29, 0.717) is 0 Å². The lowest BCUT2D eigenvalue weighted by Gasteiger charge is -2.11. The molecule has 0 unspecified atom stereocenters. The summed E-state index contributed by atoms with van der Waals surface area (Å²) in [6.07, 6.45) is -4.48. The van der Waals surface area contributed by atoms with Crippen LogP contribution in [-0.2, 0) is 12.7 Å². The van der Waals surface area contributed by atoms with Crippen molar-refractivity contribution in [3.8, 4) is 0 Å². The fourth-order valence-corrected chi connectivity index (χ4v) is 2.66. The number of nitrogens with one attached hydrogen (secondary N) is 1. The van der Waals surface area contributed by atoms with Crippen molar-refractivity contribution in [3.05, 3.63) is 77.0 Å². The fraction of sp³-hybridized carbons (Fsp3) is 0.158. The average molecular weight is 344 g/mol. The highest BCUT2D eigenvalue weighted by atomic mass is 19.4. The topological polar surface area (TPSA) is 42.0 Å². The Morgan fingerprint density at radius 1 is 1.08 bits per heavy atom. The Morgan fingerprint density at radius 2 is 1.84 bits per heavy atom. The molecule has 0 aliphatic rings. The Hall–Kier alpha value is -2.89. The van der Waals surface area contributed by atoms with Crippen LogP contribution in [0.15, 0.2) is 54.6 Å². The van der Waals surface area contributed by atoms with Crippen molar-refractivity contribution in [2.24, 2.45) is 0 Å². The average Bonchev–Trinajstić information content (AvgIpc) is 2.58. The number of para-hydroxylation sites is 1. The third kappa shape index (κ3) is 3.79. The molecule has 0 saturated carbocycles. The minimum Gasteiger partial charge on any atom is -0.348 e. The standard InChI is InChI=1S/C19H15F3N2O/c1-12-9-14(16-7-2-3-8-17(16)24-12)11-23-18(25)13-5-4-6-15(10-13)19(20,21)22/h2-10H,11H2,1H3,(H,23,25). The zero-order chi connectivity index (χ0) is 18.0. The maximum absolute atomic E-state index is 12.8. The SMILES string of the molecule is Cc1cc(CNC(=O)c2cccc(C(F)(F)F)c2)c2ccccc2n1. The molecular formula is C19H15F3N2O. The summed E-state index contributed by atoms with van der Waals surface area (Å²) in [4.78, 5) is 16.6. The van der Waals surface area contributed by atoms with Gasteiger partial charge in [-0.2, -0.15) is 13.2 Å². The lowest BCUT2D eigenvalue weighted by molar-refractivity contribution is -0.137. The number of nitrogens with zero attached hydrogens (tertiary/aromatic N) is 1. The van der Waals surface area contributed by atoms with Crippen molar-refractivity contribution in [1.29, 1.82) is 0 Å². The molecule has 2 aromatic carbocycles. The van der Waals surface area contributed by atoms with Gasteiger partial charge < -0.3 is 5.32 Å². The number of fused-ring (bicyclic) bond motifs is 1. The van der Waals surface area contributed by atoms with E-state index in [0.717, 1.165) is 34.3 Å². The van der Waals surface area contributed by atoms with Crippen LogP contribution < -0.4 is 5.32 Å². The van der Waals surface area contributed by atoms with Gasteiger partial charge in [-0.3, -0.25) is 9.78 Å². The first-order valence-corrected chi connectivity index (χ1v) is 7.65. The van der Waals surface area contributed by atoms with Crippen LogP contribution in [0.4, 0.5) is 13.2 Å². The Labute approximate surface area is 142 Å². The first-order chi connectivity index (χ1) is 11.8. The summed E-state index contributed by atoms with van der Waals surface area (Å²) in [6, 6.07) is 13.8. The number of carbonyl (C=O) groups excluding carboxylic acids is 1. The molecule has 3 aromatic rings. The molecule has 0 aliphatic carbocycles. The van der Waals surface area contributed by atoms with E-state index in [4.69, 9.17) is 0 Å². The van der Waals surface area contributed by atoms with E-state index in [1.807, 2.05) is 37.3 Å². The van der Waals surface area contributed by atoms with Crippen LogP contribution in [0, 0.1) is 6.92 Å². The van der Waals surface area contributed by atoms with E-state index in [1.54, 1.807) is 0 Å². The maximum atomic E-state index is 12.8. The third-order valence-electron chi connectivity index (χ3n) is 3.82. The molecule has 3 rings (SSSR count). The van der Waals surface area contributed by atoms with Crippen molar-refractivity contribution in [1.82, 2.24) is 10.3 Å². The quantitative estimate of drug-likeness (QED) is 0.760. The number of halogens is 3. The summed E-state index contributed by atoms with van der Waals surface area (Å²) in [5.74, 6) is -0.551. The number of hydrogen-bond acceptors (Lipinski definition) is 2. The first kappa shape index (κ1) is 17.0. The molecule has 0 atom stereocenters. The molecule has 0 radical (unpaired) electrons. The van der Waals surface area contributed by atoms with Crippen LogP contribution in [-0.4, -0.2) is 10.9 Å². The number of rotatable bonds is 3. The summed E-state index contributed by atoms with van der Waals surface area (Å²) in [5, 5.41) is 3.58. The second-order valence-electron chi connectivity index (χ2n) is 5.70. The molecule has 6 heteroatoms. The highest BCUT2D eigenvalue weighted by Crippen LogP contribution is 2.29. The lowest BCUT2D eigenvalue weighted by atomic mass is 10.1. The van der Waals surface area contributed by atoms with E-state index in [9.17, 15) is 18.0 Å². The zero-order valence-corrected chi connectivity index (χ0v) is 13.4. The molecular weight excluding hydrogens is 329 g/mol. The number of aromatic nitrogens is 1. The van der Waals surface area contributed by atoms with E-state index in [2.05, 4.69) is 10.3 Å². The predicted octanol–water partition coefficient (Wildman–Crippen LogP) is 4.49. The highest BCUT2D eigenvalue weighted by molar-refractivity contribution is 5.94. The second-order valence-corrected chi connectivity index (χ2v) is 5.70. The lowest BCUT2D eigenvalue weighted by Crippen LogP contribution is -2.23. The van der Waals surface area contributed by atoms with Crippen molar-refractivity contribution >= 4 is 16.8 Å². The number of aryl methyl sites for hydroxylation is 1. The van der Waals surface area contributed by atoms with Crippen molar-refractivity contribution in [3.63, 3.8) is 0 Å². The Kier molecular flexibility index (Phi) is 4.44. The van der Waals surface area contributed by atoms with Gasteiger partial charge in [-0.05, 0) is 42.8 Å². The van der Waals surface area contributed by atoms with E-state index in [-0.39, 0.29) is 12.1 Å². The highest BCUT2D eigenvalue weighted by Gasteiger charge is 2.30. The number of amides is 1. The van der Waals surface area contributed by atoms with Gasteiger partial charge in [0.25, 0.3) is 5.91 Å². The van der Waals surface area contributed by atoms with Gasteiger partial charge >= 0.3 is 6.18 Å². The van der Waals surface area contributed by atoms with Crippen LogP contribution >= 0.6 is 0 Å². The molecule has 0 bridgehead atoms. The smallest absolute Gasteiger partial charge is 0.348 e. The van der Waals surface area contributed by atoms with Gasteiger partial charge in [-0.1, -0.05) is 24.3 Å². The van der Waals surface area contributed by atoms with Gasteiger partial charge in [0, 0.05) is 23.2 Å². The predicted molar refractivity (Wildman–Crippen MR) is 89.1 cm³/mol. The molecule has 0 aliphatic heterocycles. The second kappa shape index (κ2) is 6.55. The van der Waals surface area contributed by atoms with Gasteiger partial charge in [0.15, 0.2) is 0 Å². The van der Waals surface area contributed by atoms with Crippen LogP contribution in [0.1, 0.15) is 27.2 Å². The monoisotopic (exact) mass is 344 g/mol. The molecule has 0 spiro atoms. The molecule has 1 amide bonds. The first-order valence-electron chi connectivity index (χ1n) is 7.65. The molecule has 128 valence electrons. The molecule has 3 nitrogen and oxygen atoms in total. The fourth-order valence-electron chi connectivity index (χ4n) is 2.66. The number of pyridine rings is 1. The van der Waals surface area contributed by atoms with Crippen molar-refractivity contribution in [2.75, 3.05) is 0 Å². The van der Waals surface area contributed by atoms with Crippen LogP contribution in [0.2, 0.25) is 0 Å². The largest absolute Gasteiger partial charge is 0.416 e. The molecule has 1 aromatic heterocycles. The van der Waals surface area contributed by atoms with Gasteiger partial charge in [-0.15, -0.1) is 0 Å². The molecule has 0 saturated heterocycles. The summed E-state index contributed by atoms with van der Waals surface area (Å²) < 4.78 is 38.3. The Morgan fingerprint density at radius 3 is 2.60 bits per heavy atom. The Balaban J connectivity index is 1.82. The number of benzene rings is 2. The number of carbonyl (C=O) groups is 1. The van der Waals surface area contributed by atoms with E-state index in [1.165, 1.54) is 12.1 Å². The maximum Gasteiger partial charge on any atom is 0.416 e. The zero-order valence-electron chi connectivity index (χ0n) is 13.4. The van der Waals surface area contributed by atoms with Gasteiger partial charge in [0.2, 0.25) is 0 Å². The summed E-state index contributed by atoms with van der Waals surface area (Å²) in [7, 11) is 0. The Bertz CT molecular complexity index is 935. The van der Waals surface area contributed by atoms with Crippen LogP contribution in [0.3, 0.4) is 0 Å². The molecule has 25 heavy (non-hydrogen) atoms. The summed E-state index contributed by atoms with van der Waals surface area (Å²) >= 11 is 0. The molecule has 1 N–H and O–H groups in total. The molecule has 0 fully saturated rings.